The van der Waals surface area contributed by atoms with Gasteiger partial charge in [-0.2, -0.15) is 0 Å². The summed E-state index contributed by atoms with van der Waals surface area (Å²) in [5.41, 5.74) is 1.13. The van der Waals surface area contributed by atoms with Gasteiger partial charge < -0.3 is 9.84 Å². The van der Waals surface area contributed by atoms with Crippen LogP contribution in [0.4, 0.5) is 4.79 Å². The molecule has 0 aliphatic heterocycles. The summed E-state index contributed by atoms with van der Waals surface area (Å²) in [6.07, 6.45) is 5.95. The summed E-state index contributed by atoms with van der Waals surface area (Å²) in [6.45, 7) is 2.19. The number of hydrogen-bond donors (Lipinski definition) is 1. The van der Waals surface area contributed by atoms with Crippen molar-refractivity contribution in [3.8, 4) is 0 Å². The topological polar surface area (TPSA) is 46.5 Å². The number of halogens is 1. The van der Waals surface area contributed by atoms with Crippen molar-refractivity contribution in [1.82, 2.24) is 0 Å². The van der Waals surface area contributed by atoms with Gasteiger partial charge in [0.05, 0.1) is 0 Å². The van der Waals surface area contributed by atoms with Crippen LogP contribution in [0.5, 0.6) is 0 Å². The molecule has 1 aromatic rings. The van der Waals surface area contributed by atoms with E-state index in [1.54, 1.807) is 0 Å². The molecule has 1 unspecified atom stereocenters. The summed E-state index contributed by atoms with van der Waals surface area (Å²) in [7, 11) is 0. The van der Waals surface area contributed by atoms with Crippen LogP contribution in [0.15, 0.2) is 24.3 Å². The van der Waals surface area contributed by atoms with E-state index in [0.717, 1.165) is 24.8 Å². The van der Waals surface area contributed by atoms with Crippen molar-refractivity contribution in [2.24, 2.45) is 0 Å². The van der Waals surface area contributed by atoms with Gasteiger partial charge in [0.25, 0.3) is 0 Å². The van der Waals surface area contributed by atoms with Crippen LogP contribution in [0.3, 0.4) is 0 Å². The molecule has 0 aromatic heterocycles. The fourth-order valence-electron chi connectivity index (χ4n) is 2.20. The molecule has 0 aliphatic rings. The summed E-state index contributed by atoms with van der Waals surface area (Å²) in [5, 5.41) is 8.82. The number of ether oxygens (including phenoxy) is 1. The first-order valence-corrected chi connectivity index (χ1v) is 8.33. The maximum atomic E-state index is 10.8. The van der Waals surface area contributed by atoms with Crippen LogP contribution in [-0.4, -0.2) is 17.4 Å². The Morgan fingerprint density at radius 3 is 2.45 bits per heavy atom. The number of rotatable bonds is 9. The molecule has 1 N–H and O–H groups in total. The van der Waals surface area contributed by atoms with Gasteiger partial charge in [0.15, 0.2) is 0 Å². The van der Waals surface area contributed by atoms with E-state index in [9.17, 15) is 4.79 Å². The van der Waals surface area contributed by atoms with E-state index >= 15 is 0 Å². The maximum absolute atomic E-state index is 10.8. The van der Waals surface area contributed by atoms with Gasteiger partial charge in [0.2, 0.25) is 0 Å². The average Bonchev–Trinajstić information content (AvgIpc) is 2.40. The number of carboxylic acid groups (broad SMARTS) is 1. The zero-order chi connectivity index (χ0) is 14.8. The van der Waals surface area contributed by atoms with Gasteiger partial charge >= 0.3 is 6.16 Å². The molecular formula is C16H23IO3. The van der Waals surface area contributed by atoms with Crippen LogP contribution in [0.1, 0.15) is 51.0 Å². The van der Waals surface area contributed by atoms with Crippen LogP contribution >= 0.6 is 22.6 Å². The fourth-order valence-corrected chi connectivity index (χ4v) is 2.56. The van der Waals surface area contributed by atoms with Gasteiger partial charge in [-0.05, 0) is 53.1 Å². The molecule has 0 amide bonds. The lowest BCUT2D eigenvalue weighted by atomic mass is 10.0. The van der Waals surface area contributed by atoms with Crippen molar-refractivity contribution in [3.05, 3.63) is 33.4 Å². The highest BCUT2D eigenvalue weighted by Crippen LogP contribution is 2.15. The molecule has 1 atom stereocenters. The number of benzene rings is 1. The summed E-state index contributed by atoms with van der Waals surface area (Å²) < 4.78 is 6.19. The van der Waals surface area contributed by atoms with E-state index in [1.165, 1.54) is 22.8 Å². The van der Waals surface area contributed by atoms with Crippen LogP contribution in [0.25, 0.3) is 0 Å². The molecule has 0 spiro atoms. The lowest BCUT2D eigenvalue weighted by molar-refractivity contribution is 0.0472. The standard InChI is InChI=1S/C16H23IO3/c1-2-3-4-5-6-7-15(20-16(18)19)12-13-8-10-14(17)11-9-13/h8-11,15H,2-7,12H2,1H3,(H,18,19). The second-order valence-corrected chi connectivity index (χ2v) is 6.28. The molecule has 0 fully saturated rings. The van der Waals surface area contributed by atoms with E-state index in [2.05, 4.69) is 29.5 Å². The van der Waals surface area contributed by atoms with Gasteiger partial charge in [0, 0.05) is 9.99 Å². The molecule has 0 aliphatic carbocycles. The van der Waals surface area contributed by atoms with Crippen molar-refractivity contribution in [2.45, 2.75) is 58.0 Å². The summed E-state index contributed by atoms with van der Waals surface area (Å²) in [4.78, 5) is 10.8. The molecule has 0 heterocycles. The molecule has 0 bridgehead atoms. The minimum atomic E-state index is -1.17. The molecule has 20 heavy (non-hydrogen) atoms. The number of carbonyl (C=O) groups is 1. The lowest BCUT2D eigenvalue weighted by Gasteiger charge is -2.16. The predicted octanol–water partition coefficient (Wildman–Crippen LogP) is 5.26. The molecular weight excluding hydrogens is 367 g/mol. The Bertz CT molecular complexity index is 389. The number of hydrogen-bond acceptors (Lipinski definition) is 2. The minimum absolute atomic E-state index is 0.228. The zero-order valence-corrected chi connectivity index (χ0v) is 14.1. The Hall–Kier alpha value is -0.780. The second-order valence-electron chi connectivity index (χ2n) is 5.04. The van der Waals surface area contributed by atoms with Crippen molar-refractivity contribution in [3.63, 3.8) is 0 Å². The highest BCUT2D eigenvalue weighted by molar-refractivity contribution is 14.1. The SMILES string of the molecule is CCCCCCCC(Cc1ccc(I)cc1)OC(=O)O. The van der Waals surface area contributed by atoms with Crippen molar-refractivity contribution in [1.29, 1.82) is 0 Å². The Kier molecular flexibility index (Phi) is 8.65. The predicted molar refractivity (Wildman–Crippen MR) is 89.1 cm³/mol. The summed E-state index contributed by atoms with van der Waals surface area (Å²) in [5.74, 6) is 0. The first kappa shape index (κ1) is 17.3. The monoisotopic (exact) mass is 390 g/mol. The molecule has 112 valence electrons. The Balaban J connectivity index is 2.42. The summed E-state index contributed by atoms with van der Waals surface area (Å²) >= 11 is 2.26. The molecule has 0 saturated heterocycles. The Morgan fingerprint density at radius 2 is 1.85 bits per heavy atom. The van der Waals surface area contributed by atoms with E-state index in [1.807, 2.05) is 24.3 Å². The highest BCUT2D eigenvalue weighted by atomic mass is 127. The Labute approximate surface area is 134 Å². The third-order valence-corrected chi connectivity index (χ3v) is 3.99. The van der Waals surface area contributed by atoms with Gasteiger partial charge in [-0.1, -0.05) is 44.7 Å². The second kappa shape index (κ2) is 10.0. The van der Waals surface area contributed by atoms with Crippen LogP contribution in [0, 0.1) is 3.57 Å². The molecule has 1 aromatic carbocycles. The first-order chi connectivity index (χ1) is 9.61. The molecule has 0 saturated carbocycles. The number of unbranched alkanes of at least 4 members (excludes halogenated alkanes) is 4. The van der Waals surface area contributed by atoms with Crippen LogP contribution < -0.4 is 0 Å². The average molecular weight is 390 g/mol. The third-order valence-electron chi connectivity index (χ3n) is 3.27. The Morgan fingerprint density at radius 1 is 1.20 bits per heavy atom. The maximum Gasteiger partial charge on any atom is 0.506 e. The van der Waals surface area contributed by atoms with Gasteiger partial charge in [-0.25, -0.2) is 4.79 Å². The van der Waals surface area contributed by atoms with Crippen molar-refractivity contribution >= 4 is 28.7 Å². The molecule has 4 heteroatoms. The minimum Gasteiger partial charge on any atom is -0.450 e. The molecule has 3 nitrogen and oxygen atoms in total. The van der Waals surface area contributed by atoms with Gasteiger partial charge in [-0.3, -0.25) is 0 Å². The van der Waals surface area contributed by atoms with Gasteiger partial charge in [0.1, 0.15) is 6.10 Å². The fraction of sp³-hybridized carbons (Fsp3) is 0.562. The highest BCUT2D eigenvalue weighted by Gasteiger charge is 2.14. The summed E-state index contributed by atoms with van der Waals surface area (Å²) in [6, 6.07) is 8.15. The largest absolute Gasteiger partial charge is 0.506 e. The molecule has 1 rings (SSSR count). The third kappa shape index (κ3) is 7.72. The van der Waals surface area contributed by atoms with Crippen LogP contribution in [0.2, 0.25) is 0 Å². The van der Waals surface area contributed by atoms with E-state index in [-0.39, 0.29) is 6.10 Å². The van der Waals surface area contributed by atoms with E-state index in [4.69, 9.17) is 9.84 Å². The lowest BCUT2D eigenvalue weighted by Crippen LogP contribution is -2.19. The van der Waals surface area contributed by atoms with E-state index in [0.29, 0.717) is 6.42 Å². The van der Waals surface area contributed by atoms with Gasteiger partial charge in [-0.15, -0.1) is 0 Å². The zero-order valence-electron chi connectivity index (χ0n) is 12.0. The van der Waals surface area contributed by atoms with Crippen molar-refractivity contribution in [2.75, 3.05) is 0 Å². The first-order valence-electron chi connectivity index (χ1n) is 7.26. The quantitative estimate of drug-likeness (QED) is 0.356. The van der Waals surface area contributed by atoms with E-state index < -0.39 is 6.16 Å². The molecule has 0 radical (unpaired) electrons. The smallest absolute Gasteiger partial charge is 0.450 e. The van der Waals surface area contributed by atoms with Crippen molar-refractivity contribution < 1.29 is 14.6 Å². The van der Waals surface area contributed by atoms with Crippen LogP contribution in [-0.2, 0) is 11.2 Å². The normalized spacial score (nSPS) is 12.1.